The van der Waals surface area contributed by atoms with Crippen molar-refractivity contribution >= 4 is 6.09 Å². The summed E-state index contributed by atoms with van der Waals surface area (Å²) < 4.78 is 13.3. The molecular formula is C9H15FN2O2. The number of rotatable bonds is 3. The van der Waals surface area contributed by atoms with Crippen molar-refractivity contribution in [3.8, 4) is 0 Å². The second-order valence-corrected chi connectivity index (χ2v) is 4.15. The summed E-state index contributed by atoms with van der Waals surface area (Å²) >= 11 is 0. The molecule has 1 amide bonds. The molecule has 0 aromatic heterocycles. The minimum Gasteiger partial charge on any atom is -0.465 e. The van der Waals surface area contributed by atoms with Crippen LogP contribution in [0.3, 0.4) is 0 Å². The molecule has 0 aromatic carbocycles. The Bertz CT molecular complexity index is 233. The van der Waals surface area contributed by atoms with Gasteiger partial charge in [0.2, 0.25) is 0 Å². The van der Waals surface area contributed by atoms with Crippen LogP contribution in [0.15, 0.2) is 0 Å². The zero-order valence-corrected chi connectivity index (χ0v) is 7.95. The third-order valence-corrected chi connectivity index (χ3v) is 2.88. The Kier molecular flexibility index (Phi) is 2.58. The first-order valence-corrected chi connectivity index (χ1v) is 5.02. The molecule has 4 nitrogen and oxygen atoms in total. The lowest BCUT2D eigenvalue weighted by molar-refractivity contribution is 0.152. The number of halogens is 1. The van der Waals surface area contributed by atoms with E-state index in [1.807, 2.05) is 0 Å². The van der Waals surface area contributed by atoms with Crippen molar-refractivity contribution in [2.45, 2.75) is 25.1 Å². The van der Waals surface area contributed by atoms with Gasteiger partial charge in [0.25, 0.3) is 0 Å². The molecule has 5 heteroatoms. The van der Waals surface area contributed by atoms with E-state index in [2.05, 4.69) is 5.32 Å². The van der Waals surface area contributed by atoms with Gasteiger partial charge in [-0.25, -0.2) is 9.18 Å². The third-order valence-electron chi connectivity index (χ3n) is 2.88. The van der Waals surface area contributed by atoms with Crippen LogP contribution < -0.4 is 5.32 Å². The average molecular weight is 202 g/mol. The first-order chi connectivity index (χ1) is 6.66. The van der Waals surface area contributed by atoms with E-state index >= 15 is 0 Å². The highest BCUT2D eigenvalue weighted by Gasteiger charge is 2.36. The van der Waals surface area contributed by atoms with Crippen molar-refractivity contribution in [1.29, 1.82) is 0 Å². The number of carboxylic acid groups (broad SMARTS) is 1. The first kappa shape index (κ1) is 9.71. The summed E-state index contributed by atoms with van der Waals surface area (Å²) in [6.45, 7) is 0.970. The van der Waals surface area contributed by atoms with Crippen LogP contribution in [0.25, 0.3) is 0 Å². The maximum Gasteiger partial charge on any atom is 0.407 e. The van der Waals surface area contributed by atoms with Crippen molar-refractivity contribution in [1.82, 2.24) is 10.2 Å². The standard InChI is InChI=1S/C9H15FN2O2/c10-8-5-12(9(13)14)4-6(8)3-11-7-1-2-7/h6-8,11H,1-5H2,(H,13,14)/t6-,8+/m1/s1. The number of hydrogen-bond donors (Lipinski definition) is 2. The Balaban J connectivity index is 1.77. The molecule has 80 valence electrons. The molecule has 0 unspecified atom stereocenters. The smallest absolute Gasteiger partial charge is 0.407 e. The molecule has 2 atom stereocenters. The van der Waals surface area contributed by atoms with E-state index in [9.17, 15) is 9.18 Å². The average Bonchev–Trinajstić information content (AvgIpc) is 2.87. The van der Waals surface area contributed by atoms with E-state index in [0.29, 0.717) is 19.1 Å². The Morgan fingerprint density at radius 2 is 2.21 bits per heavy atom. The van der Waals surface area contributed by atoms with Crippen molar-refractivity contribution in [2.75, 3.05) is 19.6 Å². The fourth-order valence-electron chi connectivity index (χ4n) is 1.79. The van der Waals surface area contributed by atoms with Crippen LogP contribution in [0.5, 0.6) is 0 Å². The van der Waals surface area contributed by atoms with Crippen LogP contribution in [0, 0.1) is 5.92 Å². The lowest BCUT2D eigenvalue weighted by Gasteiger charge is -2.12. The SMILES string of the molecule is O=C(O)N1C[C@@H](CNC2CC2)[C@@H](F)C1. The van der Waals surface area contributed by atoms with Gasteiger partial charge in [0.15, 0.2) is 0 Å². The summed E-state index contributed by atoms with van der Waals surface area (Å²) in [5.41, 5.74) is 0. The molecule has 0 aromatic rings. The molecule has 1 aliphatic heterocycles. The maximum atomic E-state index is 13.3. The molecule has 1 aliphatic carbocycles. The van der Waals surface area contributed by atoms with Gasteiger partial charge >= 0.3 is 6.09 Å². The van der Waals surface area contributed by atoms with Gasteiger partial charge in [-0.05, 0) is 12.8 Å². The molecule has 2 aliphatic rings. The summed E-state index contributed by atoms with van der Waals surface area (Å²) in [7, 11) is 0. The Labute approximate surface area is 82.1 Å². The Morgan fingerprint density at radius 1 is 1.50 bits per heavy atom. The number of nitrogens with one attached hydrogen (secondary N) is 1. The van der Waals surface area contributed by atoms with E-state index in [1.165, 1.54) is 12.8 Å². The molecule has 1 saturated carbocycles. The van der Waals surface area contributed by atoms with Crippen LogP contribution in [-0.4, -0.2) is 47.9 Å². The Morgan fingerprint density at radius 3 is 2.71 bits per heavy atom. The largest absolute Gasteiger partial charge is 0.465 e. The predicted molar refractivity (Wildman–Crippen MR) is 49.0 cm³/mol. The number of alkyl halides is 1. The normalized spacial score (nSPS) is 32.2. The zero-order chi connectivity index (χ0) is 10.1. The highest BCUT2D eigenvalue weighted by atomic mass is 19.1. The van der Waals surface area contributed by atoms with Crippen LogP contribution in [-0.2, 0) is 0 Å². The first-order valence-electron chi connectivity index (χ1n) is 5.02. The lowest BCUT2D eigenvalue weighted by atomic mass is 10.1. The summed E-state index contributed by atoms with van der Waals surface area (Å²) in [5, 5.41) is 11.9. The van der Waals surface area contributed by atoms with Crippen molar-refractivity contribution in [3.63, 3.8) is 0 Å². The lowest BCUT2D eigenvalue weighted by Crippen LogP contribution is -2.31. The van der Waals surface area contributed by atoms with Gasteiger partial charge in [-0.15, -0.1) is 0 Å². The zero-order valence-electron chi connectivity index (χ0n) is 7.95. The quantitative estimate of drug-likeness (QED) is 0.707. The summed E-state index contributed by atoms with van der Waals surface area (Å²) in [4.78, 5) is 11.7. The molecule has 2 fully saturated rings. The molecule has 0 radical (unpaired) electrons. The van der Waals surface area contributed by atoms with Gasteiger partial charge in [-0.1, -0.05) is 0 Å². The summed E-state index contributed by atoms with van der Waals surface area (Å²) in [5.74, 6) is -0.160. The highest BCUT2D eigenvalue weighted by molar-refractivity contribution is 5.65. The molecule has 0 bridgehead atoms. The monoisotopic (exact) mass is 202 g/mol. The van der Waals surface area contributed by atoms with Crippen LogP contribution in [0.1, 0.15) is 12.8 Å². The number of carbonyl (C=O) groups is 1. The molecule has 1 saturated heterocycles. The molecule has 2 N–H and O–H groups in total. The summed E-state index contributed by atoms with van der Waals surface area (Å²) in [6, 6.07) is 0.557. The Hall–Kier alpha value is -0.840. The highest BCUT2D eigenvalue weighted by Crippen LogP contribution is 2.23. The van der Waals surface area contributed by atoms with E-state index in [-0.39, 0.29) is 12.5 Å². The van der Waals surface area contributed by atoms with Gasteiger partial charge < -0.3 is 15.3 Å². The molecule has 14 heavy (non-hydrogen) atoms. The van der Waals surface area contributed by atoms with Gasteiger partial charge in [-0.3, -0.25) is 0 Å². The van der Waals surface area contributed by atoms with E-state index in [4.69, 9.17) is 5.11 Å². The molecule has 2 rings (SSSR count). The van der Waals surface area contributed by atoms with Crippen LogP contribution in [0.2, 0.25) is 0 Å². The third kappa shape index (κ3) is 2.15. The minimum absolute atomic E-state index is 0.0341. The van der Waals surface area contributed by atoms with Gasteiger partial charge in [0.1, 0.15) is 6.17 Å². The van der Waals surface area contributed by atoms with Gasteiger partial charge in [-0.2, -0.15) is 0 Å². The van der Waals surface area contributed by atoms with Gasteiger partial charge in [0, 0.05) is 25.0 Å². The van der Waals surface area contributed by atoms with E-state index in [0.717, 1.165) is 4.90 Å². The predicted octanol–water partition coefficient (Wildman–Crippen LogP) is 0.686. The van der Waals surface area contributed by atoms with Gasteiger partial charge in [0.05, 0.1) is 6.54 Å². The van der Waals surface area contributed by atoms with E-state index < -0.39 is 12.3 Å². The van der Waals surface area contributed by atoms with E-state index in [1.54, 1.807) is 0 Å². The molecule has 1 heterocycles. The second-order valence-electron chi connectivity index (χ2n) is 4.15. The number of nitrogens with zero attached hydrogens (tertiary/aromatic N) is 1. The number of likely N-dealkylation sites (tertiary alicyclic amines) is 1. The van der Waals surface area contributed by atoms with Crippen molar-refractivity contribution in [2.24, 2.45) is 5.92 Å². The maximum absolute atomic E-state index is 13.3. The minimum atomic E-state index is -1.01. The topological polar surface area (TPSA) is 52.6 Å². The van der Waals surface area contributed by atoms with Crippen LogP contribution in [0.4, 0.5) is 9.18 Å². The molecular weight excluding hydrogens is 187 g/mol. The van der Waals surface area contributed by atoms with Crippen molar-refractivity contribution < 1.29 is 14.3 Å². The summed E-state index contributed by atoms with van der Waals surface area (Å²) in [6.07, 6.45) is 0.331. The fourth-order valence-corrected chi connectivity index (χ4v) is 1.79. The van der Waals surface area contributed by atoms with Crippen molar-refractivity contribution in [3.05, 3.63) is 0 Å². The molecule has 0 spiro atoms. The fraction of sp³-hybridized carbons (Fsp3) is 0.889. The number of hydrogen-bond acceptors (Lipinski definition) is 2. The van der Waals surface area contributed by atoms with Crippen LogP contribution >= 0.6 is 0 Å². The second kappa shape index (κ2) is 3.73. The number of amides is 1.